The molecule has 0 saturated carbocycles. The van der Waals surface area contributed by atoms with Crippen LogP contribution in [0.3, 0.4) is 0 Å². The second kappa shape index (κ2) is 7.60. The summed E-state index contributed by atoms with van der Waals surface area (Å²) in [6, 6.07) is 9.31. The number of urea groups is 1. The number of rotatable bonds is 5. The smallest absolute Gasteiger partial charge is 0.318 e. The number of aliphatic hydroxyl groups is 1. The summed E-state index contributed by atoms with van der Waals surface area (Å²) in [7, 11) is 0. The molecular formula is C17H24N6O2. The lowest BCUT2D eigenvalue weighted by atomic mass is 10.2. The molecule has 8 nitrogen and oxygen atoms in total. The third-order valence-electron chi connectivity index (χ3n) is 4.39. The van der Waals surface area contributed by atoms with Crippen LogP contribution in [0.1, 0.15) is 44.1 Å². The van der Waals surface area contributed by atoms with Crippen LogP contribution in [0.2, 0.25) is 0 Å². The van der Waals surface area contributed by atoms with Gasteiger partial charge in [0.05, 0.1) is 25.2 Å². The van der Waals surface area contributed by atoms with E-state index in [1.807, 2.05) is 44.2 Å². The SMILES string of the molecule is CC(C)NC(=O)N1[C@H](CO)CC[C@@H]1c1nnnn1Cc1ccccc1. The Balaban J connectivity index is 1.85. The van der Waals surface area contributed by atoms with Crippen molar-refractivity contribution >= 4 is 6.03 Å². The van der Waals surface area contributed by atoms with E-state index in [-0.39, 0.29) is 30.8 Å². The van der Waals surface area contributed by atoms with Gasteiger partial charge < -0.3 is 15.3 Å². The molecule has 2 N–H and O–H groups in total. The maximum Gasteiger partial charge on any atom is 0.318 e. The van der Waals surface area contributed by atoms with Crippen LogP contribution in [0.25, 0.3) is 0 Å². The first kappa shape index (κ1) is 17.3. The van der Waals surface area contributed by atoms with Crippen molar-refractivity contribution in [2.75, 3.05) is 6.61 Å². The van der Waals surface area contributed by atoms with Gasteiger partial charge >= 0.3 is 6.03 Å². The molecule has 1 saturated heterocycles. The first-order valence-corrected chi connectivity index (χ1v) is 8.59. The molecule has 0 aliphatic carbocycles. The van der Waals surface area contributed by atoms with Crippen molar-refractivity contribution in [1.82, 2.24) is 30.4 Å². The van der Waals surface area contributed by atoms with Crippen molar-refractivity contribution in [1.29, 1.82) is 0 Å². The van der Waals surface area contributed by atoms with E-state index >= 15 is 0 Å². The Morgan fingerprint density at radius 2 is 2.08 bits per heavy atom. The fraction of sp³-hybridized carbons (Fsp3) is 0.529. The number of hydrogen-bond donors (Lipinski definition) is 2. The number of carbonyl (C=O) groups is 1. The third kappa shape index (κ3) is 3.79. The standard InChI is InChI=1S/C17H24N6O2/c1-12(2)18-17(25)23-14(11-24)8-9-15(23)16-19-20-21-22(16)10-13-6-4-3-5-7-13/h3-7,12,14-15,24H,8-11H2,1-2H3,(H,18,25)/t14-,15+/m0/s1. The minimum atomic E-state index is -0.241. The van der Waals surface area contributed by atoms with Gasteiger partial charge in [-0.15, -0.1) is 5.10 Å². The molecule has 1 aliphatic heterocycles. The minimum absolute atomic E-state index is 0.0217. The fourth-order valence-electron chi connectivity index (χ4n) is 3.26. The van der Waals surface area contributed by atoms with Gasteiger partial charge in [0.25, 0.3) is 0 Å². The molecule has 3 rings (SSSR count). The molecule has 1 aromatic carbocycles. The Hall–Kier alpha value is -2.48. The number of aliphatic hydroxyl groups excluding tert-OH is 1. The summed E-state index contributed by atoms with van der Waals surface area (Å²) in [6.07, 6.45) is 1.46. The summed E-state index contributed by atoms with van der Waals surface area (Å²) in [5.41, 5.74) is 1.09. The number of amides is 2. The summed E-state index contributed by atoms with van der Waals surface area (Å²) >= 11 is 0. The van der Waals surface area contributed by atoms with E-state index in [4.69, 9.17) is 0 Å². The van der Waals surface area contributed by atoms with Crippen molar-refractivity contribution in [3.63, 3.8) is 0 Å². The van der Waals surface area contributed by atoms with Crippen LogP contribution in [0.15, 0.2) is 30.3 Å². The molecule has 1 aliphatic rings. The van der Waals surface area contributed by atoms with Gasteiger partial charge in [-0.1, -0.05) is 30.3 Å². The number of nitrogens with one attached hydrogen (secondary N) is 1. The fourth-order valence-corrected chi connectivity index (χ4v) is 3.26. The first-order valence-electron chi connectivity index (χ1n) is 8.59. The van der Waals surface area contributed by atoms with E-state index in [1.54, 1.807) is 9.58 Å². The van der Waals surface area contributed by atoms with Gasteiger partial charge in [-0.05, 0) is 42.7 Å². The summed E-state index contributed by atoms with van der Waals surface area (Å²) in [5, 5.41) is 24.6. The molecule has 2 aromatic rings. The molecule has 0 bridgehead atoms. The van der Waals surface area contributed by atoms with Crippen LogP contribution in [0.5, 0.6) is 0 Å². The highest BCUT2D eigenvalue weighted by molar-refractivity contribution is 5.75. The topological polar surface area (TPSA) is 96.2 Å². The number of aromatic nitrogens is 4. The number of carbonyl (C=O) groups excluding carboxylic acids is 1. The maximum absolute atomic E-state index is 12.6. The Bertz CT molecular complexity index is 702. The number of tetrazole rings is 1. The lowest BCUT2D eigenvalue weighted by Gasteiger charge is -2.29. The predicted octanol–water partition coefficient (Wildman–Crippen LogP) is 1.34. The lowest BCUT2D eigenvalue weighted by molar-refractivity contribution is 0.133. The molecule has 0 radical (unpaired) electrons. The van der Waals surface area contributed by atoms with E-state index in [2.05, 4.69) is 20.8 Å². The molecule has 2 heterocycles. The van der Waals surface area contributed by atoms with E-state index in [1.165, 1.54) is 0 Å². The molecule has 2 amide bonds. The van der Waals surface area contributed by atoms with Crippen LogP contribution < -0.4 is 5.32 Å². The Morgan fingerprint density at radius 1 is 1.32 bits per heavy atom. The number of benzene rings is 1. The average Bonchev–Trinajstić information content (AvgIpc) is 3.21. The minimum Gasteiger partial charge on any atom is -0.394 e. The van der Waals surface area contributed by atoms with Gasteiger partial charge in [0, 0.05) is 6.04 Å². The maximum atomic E-state index is 12.6. The van der Waals surface area contributed by atoms with E-state index in [0.717, 1.165) is 18.4 Å². The zero-order valence-electron chi connectivity index (χ0n) is 14.5. The van der Waals surface area contributed by atoms with Crippen LogP contribution in [0, 0.1) is 0 Å². The Labute approximate surface area is 146 Å². The average molecular weight is 344 g/mol. The highest BCUT2D eigenvalue weighted by Crippen LogP contribution is 2.35. The van der Waals surface area contributed by atoms with E-state index in [9.17, 15) is 9.90 Å². The summed E-state index contributed by atoms with van der Waals surface area (Å²) < 4.78 is 1.73. The van der Waals surface area contributed by atoms with Gasteiger partial charge in [0.15, 0.2) is 5.82 Å². The van der Waals surface area contributed by atoms with Crippen molar-refractivity contribution in [3.05, 3.63) is 41.7 Å². The van der Waals surface area contributed by atoms with Gasteiger partial charge in [-0.25, -0.2) is 9.48 Å². The van der Waals surface area contributed by atoms with Crippen molar-refractivity contribution in [3.8, 4) is 0 Å². The number of nitrogens with zero attached hydrogens (tertiary/aromatic N) is 5. The molecule has 134 valence electrons. The summed E-state index contributed by atoms with van der Waals surface area (Å²) in [4.78, 5) is 14.3. The largest absolute Gasteiger partial charge is 0.394 e. The van der Waals surface area contributed by atoms with Gasteiger partial charge in [-0.2, -0.15) is 0 Å². The molecule has 25 heavy (non-hydrogen) atoms. The first-order chi connectivity index (χ1) is 12.1. The number of likely N-dealkylation sites (tertiary alicyclic amines) is 1. The Kier molecular flexibility index (Phi) is 5.28. The van der Waals surface area contributed by atoms with Gasteiger partial charge in [0.1, 0.15) is 0 Å². The van der Waals surface area contributed by atoms with Crippen LogP contribution in [-0.4, -0.2) is 54.9 Å². The molecule has 1 aromatic heterocycles. The second-order valence-electron chi connectivity index (χ2n) is 6.62. The quantitative estimate of drug-likeness (QED) is 0.853. The Morgan fingerprint density at radius 3 is 2.76 bits per heavy atom. The predicted molar refractivity (Wildman–Crippen MR) is 91.7 cm³/mol. The van der Waals surface area contributed by atoms with Gasteiger partial charge in [-0.3, -0.25) is 0 Å². The molecule has 0 unspecified atom stereocenters. The monoisotopic (exact) mass is 344 g/mol. The highest BCUT2D eigenvalue weighted by atomic mass is 16.3. The second-order valence-corrected chi connectivity index (χ2v) is 6.62. The molecule has 1 fully saturated rings. The molecule has 8 heteroatoms. The zero-order valence-corrected chi connectivity index (χ0v) is 14.5. The van der Waals surface area contributed by atoms with E-state index in [0.29, 0.717) is 12.4 Å². The van der Waals surface area contributed by atoms with Gasteiger partial charge in [0.2, 0.25) is 0 Å². The van der Waals surface area contributed by atoms with Crippen molar-refractivity contribution < 1.29 is 9.90 Å². The normalized spacial score (nSPS) is 20.2. The van der Waals surface area contributed by atoms with Crippen LogP contribution in [0.4, 0.5) is 4.79 Å². The molecule has 0 spiro atoms. The zero-order chi connectivity index (χ0) is 17.8. The van der Waals surface area contributed by atoms with Crippen LogP contribution in [-0.2, 0) is 6.54 Å². The van der Waals surface area contributed by atoms with Crippen LogP contribution >= 0.6 is 0 Å². The van der Waals surface area contributed by atoms with Crippen molar-refractivity contribution in [2.45, 2.75) is 51.4 Å². The third-order valence-corrected chi connectivity index (χ3v) is 4.39. The lowest BCUT2D eigenvalue weighted by Crippen LogP contribution is -2.47. The van der Waals surface area contributed by atoms with Crippen molar-refractivity contribution in [2.24, 2.45) is 0 Å². The summed E-state index contributed by atoms with van der Waals surface area (Å²) in [6.45, 7) is 4.30. The molecular weight excluding hydrogens is 320 g/mol. The summed E-state index contributed by atoms with van der Waals surface area (Å²) in [5.74, 6) is 0.652. The highest BCUT2D eigenvalue weighted by Gasteiger charge is 2.40. The molecule has 2 atom stereocenters. The van der Waals surface area contributed by atoms with E-state index < -0.39 is 0 Å². The number of hydrogen-bond acceptors (Lipinski definition) is 5.